The summed E-state index contributed by atoms with van der Waals surface area (Å²) in [5.74, 6) is -1.02. The molecule has 2 heterocycles. The van der Waals surface area contributed by atoms with Gasteiger partial charge in [0.15, 0.2) is 14.8 Å². The maximum atomic E-state index is 14.8. The van der Waals surface area contributed by atoms with Crippen molar-refractivity contribution < 1.29 is 21.2 Å². The first-order valence-corrected chi connectivity index (χ1v) is 12.9. The van der Waals surface area contributed by atoms with Crippen molar-refractivity contribution in [2.75, 3.05) is 30.3 Å². The first kappa shape index (κ1) is 20.8. The van der Waals surface area contributed by atoms with Crippen LogP contribution in [0.15, 0.2) is 47.4 Å². The lowest BCUT2D eigenvalue weighted by atomic mass is 10.0. The molecule has 0 radical (unpaired) electrons. The van der Waals surface area contributed by atoms with E-state index in [1.54, 1.807) is 24.3 Å². The summed E-state index contributed by atoms with van der Waals surface area (Å²) in [4.78, 5) is -0.00314. The Kier molecular flexibility index (Phi) is 5.34. The van der Waals surface area contributed by atoms with Crippen molar-refractivity contribution in [3.05, 3.63) is 48.3 Å². The van der Waals surface area contributed by atoms with E-state index in [-0.39, 0.29) is 40.2 Å². The summed E-state index contributed by atoms with van der Waals surface area (Å²) in [7, 11) is -7.18. The van der Waals surface area contributed by atoms with Crippen LogP contribution in [0.3, 0.4) is 0 Å². The van der Waals surface area contributed by atoms with Crippen molar-refractivity contribution in [3.63, 3.8) is 0 Å². The molecule has 0 spiro atoms. The second-order valence-corrected chi connectivity index (χ2v) is 11.9. The summed E-state index contributed by atoms with van der Waals surface area (Å²) < 4.78 is 65.6. The summed E-state index contributed by atoms with van der Waals surface area (Å²) in [6.07, 6.45) is 0. The van der Waals surface area contributed by atoms with Gasteiger partial charge in [0.05, 0.1) is 16.4 Å². The van der Waals surface area contributed by atoms with E-state index in [1.807, 2.05) is 0 Å². The lowest BCUT2D eigenvalue weighted by molar-refractivity contribution is 0.431. The Balaban J connectivity index is 1.73. The summed E-state index contributed by atoms with van der Waals surface area (Å²) in [6.45, 7) is -0.213. The smallest absolute Gasteiger partial charge is 0.243 e. The molecular formula is C18H17FN4O4S3. The first-order chi connectivity index (χ1) is 14.2. The third kappa shape index (κ3) is 3.95. The number of rotatable bonds is 4. The highest BCUT2D eigenvalue weighted by Crippen LogP contribution is 2.34. The van der Waals surface area contributed by atoms with Gasteiger partial charge in [0.25, 0.3) is 0 Å². The molecule has 0 aliphatic carbocycles. The molecule has 2 aromatic carbocycles. The van der Waals surface area contributed by atoms with Gasteiger partial charge >= 0.3 is 0 Å². The van der Waals surface area contributed by atoms with Crippen LogP contribution in [0.25, 0.3) is 21.7 Å². The Hall–Kier alpha value is -2.41. The molecule has 1 fully saturated rings. The number of anilines is 1. The van der Waals surface area contributed by atoms with Crippen LogP contribution in [0.1, 0.15) is 0 Å². The van der Waals surface area contributed by atoms with E-state index >= 15 is 0 Å². The molecule has 0 atom stereocenters. The van der Waals surface area contributed by atoms with Gasteiger partial charge in [-0.2, -0.15) is 4.31 Å². The highest BCUT2D eigenvalue weighted by molar-refractivity contribution is 7.92. The monoisotopic (exact) mass is 468 g/mol. The second kappa shape index (κ2) is 7.69. The highest BCUT2D eigenvalue weighted by atomic mass is 32.2. The van der Waals surface area contributed by atoms with E-state index in [4.69, 9.17) is 5.73 Å². The predicted octanol–water partition coefficient (Wildman–Crippen LogP) is 2.01. The van der Waals surface area contributed by atoms with Crippen LogP contribution in [0.4, 0.5) is 9.52 Å². The number of hydrogen-bond acceptors (Lipinski definition) is 8. The summed E-state index contributed by atoms with van der Waals surface area (Å²) >= 11 is 1.05. The summed E-state index contributed by atoms with van der Waals surface area (Å²) in [5.41, 5.74) is 6.47. The molecule has 0 unspecified atom stereocenters. The Labute approximate surface area is 177 Å². The molecule has 1 aromatic heterocycles. The normalized spacial score (nSPS) is 17.1. The fraction of sp³-hybridized carbons (Fsp3) is 0.222. The van der Waals surface area contributed by atoms with Crippen molar-refractivity contribution in [1.29, 1.82) is 0 Å². The number of nitrogens with two attached hydrogens (primary N) is 1. The van der Waals surface area contributed by atoms with Crippen LogP contribution >= 0.6 is 11.3 Å². The molecule has 1 aliphatic rings. The fourth-order valence-electron chi connectivity index (χ4n) is 3.20. The Bertz CT molecular complexity index is 1310. The Morgan fingerprint density at radius 3 is 2.37 bits per heavy atom. The van der Waals surface area contributed by atoms with E-state index in [1.165, 1.54) is 18.2 Å². The Morgan fingerprint density at radius 2 is 1.73 bits per heavy atom. The van der Waals surface area contributed by atoms with Crippen LogP contribution in [-0.4, -0.2) is 55.9 Å². The number of sulfone groups is 1. The predicted molar refractivity (Wildman–Crippen MR) is 113 cm³/mol. The van der Waals surface area contributed by atoms with Gasteiger partial charge in [-0.15, -0.1) is 10.2 Å². The highest BCUT2D eigenvalue weighted by Gasteiger charge is 2.32. The average molecular weight is 469 g/mol. The van der Waals surface area contributed by atoms with Crippen LogP contribution in [0.5, 0.6) is 0 Å². The molecule has 8 nitrogen and oxygen atoms in total. The maximum absolute atomic E-state index is 14.8. The standard InChI is InChI=1S/C18H17FN4O4S3/c19-15-11-12(5-6-14(15)17-21-22-18(20)28-17)13-3-1-2-4-16(13)30(26,27)23-7-9-29(24,25)10-8-23/h1-6,11H,7-10H2,(H2,20,22). The third-order valence-corrected chi connectivity index (χ3v) is 9.11. The number of hydrogen-bond donors (Lipinski definition) is 1. The summed E-state index contributed by atoms with van der Waals surface area (Å²) in [6, 6.07) is 10.6. The first-order valence-electron chi connectivity index (χ1n) is 8.86. The zero-order valence-electron chi connectivity index (χ0n) is 15.5. The lowest BCUT2D eigenvalue weighted by Crippen LogP contribution is -2.43. The van der Waals surface area contributed by atoms with E-state index in [2.05, 4.69) is 10.2 Å². The van der Waals surface area contributed by atoms with E-state index in [0.717, 1.165) is 15.6 Å². The van der Waals surface area contributed by atoms with Crippen LogP contribution in [-0.2, 0) is 19.9 Å². The van der Waals surface area contributed by atoms with Gasteiger partial charge in [-0.05, 0) is 23.8 Å². The van der Waals surface area contributed by atoms with Crippen molar-refractivity contribution in [3.8, 4) is 21.7 Å². The Morgan fingerprint density at radius 1 is 1.03 bits per heavy atom. The zero-order valence-corrected chi connectivity index (χ0v) is 18.0. The molecule has 2 N–H and O–H groups in total. The van der Waals surface area contributed by atoms with Crippen molar-refractivity contribution >= 4 is 36.3 Å². The molecule has 12 heteroatoms. The van der Waals surface area contributed by atoms with Gasteiger partial charge in [-0.1, -0.05) is 35.6 Å². The number of sulfonamides is 1. The average Bonchev–Trinajstić information content (AvgIpc) is 3.13. The number of benzene rings is 2. The minimum atomic E-state index is -3.95. The molecular weight excluding hydrogens is 451 g/mol. The topological polar surface area (TPSA) is 123 Å². The van der Waals surface area contributed by atoms with Gasteiger partial charge in [-0.25, -0.2) is 21.2 Å². The minimum Gasteiger partial charge on any atom is -0.374 e. The molecule has 0 bridgehead atoms. The largest absolute Gasteiger partial charge is 0.374 e. The molecule has 4 rings (SSSR count). The van der Waals surface area contributed by atoms with E-state index < -0.39 is 25.7 Å². The fourth-order valence-corrected chi connectivity index (χ4v) is 6.93. The van der Waals surface area contributed by atoms with Gasteiger partial charge in [-0.3, -0.25) is 0 Å². The number of halogens is 1. The van der Waals surface area contributed by atoms with Gasteiger partial charge < -0.3 is 5.73 Å². The van der Waals surface area contributed by atoms with Crippen LogP contribution in [0, 0.1) is 5.82 Å². The zero-order chi connectivity index (χ0) is 21.5. The van der Waals surface area contributed by atoms with E-state index in [0.29, 0.717) is 16.1 Å². The van der Waals surface area contributed by atoms with E-state index in [9.17, 15) is 21.2 Å². The summed E-state index contributed by atoms with van der Waals surface area (Å²) in [5, 5.41) is 8.05. The second-order valence-electron chi connectivity index (χ2n) is 6.69. The van der Waals surface area contributed by atoms with Gasteiger partial charge in [0.1, 0.15) is 5.82 Å². The van der Waals surface area contributed by atoms with Crippen molar-refractivity contribution in [2.45, 2.75) is 4.90 Å². The lowest BCUT2D eigenvalue weighted by Gasteiger charge is -2.27. The SMILES string of the molecule is Nc1nnc(-c2ccc(-c3ccccc3S(=O)(=O)N3CCS(=O)(=O)CC3)cc2F)s1. The minimum absolute atomic E-state index is 0.00314. The molecule has 30 heavy (non-hydrogen) atoms. The van der Waals surface area contributed by atoms with Gasteiger partial charge in [0.2, 0.25) is 15.2 Å². The molecule has 1 aliphatic heterocycles. The molecule has 1 saturated heterocycles. The molecule has 0 saturated carbocycles. The molecule has 3 aromatic rings. The number of aromatic nitrogens is 2. The molecule has 0 amide bonds. The number of nitrogens with zero attached hydrogens (tertiary/aromatic N) is 3. The maximum Gasteiger partial charge on any atom is 0.243 e. The van der Waals surface area contributed by atoms with Gasteiger partial charge in [0, 0.05) is 24.2 Å². The van der Waals surface area contributed by atoms with Crippen molar-refractivity contribution in [2.24, 2.45) is 0 Å². The third-order valence-electron chi connectivity index (χ3n) is 4.76. The van der Waals surface area contributed by atoms with Crippen LogP contribution in [0.2, 0.25) is 0 Å². The van der Waals surface area contributed by atoms with Crippen LogP contribution < -0.4 is 5.73 Å². The van der Waals surface area contributed by atoms with Crippen molar-refractivity contribution in [1.82, 2.24) is 14.5 Å². The molecule has 158 valence electrons. The quantitative estimate of drug-likeness (QED) is 0.621. The number of nitrogen functional groups attached to an aromatic ring is 1.